The van der Waals surface area contributed by atoms with Gasteiger partial charge in [-0.15, -0.1) is 0 Å². The van der Waals surface area contributed by atoms with Gasteiger partial charge < -0.3 is 15.3 Å². The lowest BCUT2D eigenvalue weighted by molar-refractivity contribution is -0.141. The largest absolute Gasteiger partial charge is 0.481 e. The standard InChI is InChI=1S/C18H24N2O3/c21-17(22)15-9-10-20(12-15)18(23)19-11-14-7-4-8-16(14)13-5-2-1-3-6-13/h1-3,5-6,14-16H,4,7-12H2,(H,19,23)(H,21,22). The van der Waals surface area contributed by atoms with Crippen LogP contribution in [-0.2, 0) is 4.79 Å². The van der Waals surface area contributed by atoms with Crippen molar-refractivity contribution >= 4 is 12.0 Å². The predicted molar refractivity (Wildman–Crippen MR) is 87.2 cm³/mol. The number of carboxylic acids is 1. The number of amides is 2. The van der Waals surface area contributed by atoms with Gasteiger partial charge in [-0.1, -0.05) is 36.8 Å². The maximum absolute atomic E-state index is 12.2. The SMILES string of the molecule is O=C(O)C1CCN(C(=O)NCC2CCCC2c2ccccc2)C1. The molecule has 23 heavy (non-hydrogen) atoms. The summed E-state index contributed by atoms with van der Waals surface area (Å²) in [5.41, 5.74) is 1.36. The molecule has 2 fully saturated rings. The van der Waals surface area contributed by atoms with E-state index in [2.05, 4.69) is 29.6 Å². The van der Waals surface area contributed by atoms with Crippen LogP contribution in [0.15, 0.2) is 30.3 Å². The summed E-state index contributed by atoms with van der Waals surface area (Å²) in [4.78, 5) is 24.8. The fraction of sp³-hybridized carbons (Fsp3) is 0.556. The van der Waals surface area contributed by atoms with Crippen molar-refractivity contribution in [2.45, 2.75) is 31.6 Å². The van der Waals surface area contributed by atoms with E-state index in [1.165, 1.54) is 18.4 Å². The lowest BCUT2D eigenvalue weighted by Gasteiger charge is -2.23. The van der Waals surface area contributed by atoms with Crippen LogP contribution >= 0.6 is 0 Å². The molecule has 0 radical (unpaired) electrons. The van der Waals surface area contributed by atoms with Gasteiger partial charge in [-0.05, 0) is 36.7 Å². The average Bonchev–Trinajstić information content (AvgIpc) is 3.22. The number of carbonyl (C=O) groups is 2. The van der Waals surface area contributed by atoms with Crippen molar-refractivity contribution in [1.82, 2.24) is 10.2 Å². The van der Waals surface area contributed by atoms with E-state index in [0.717, 1.165) is 6.42 Å². The summed E-state index contributed by atoms with van der Waals surface area (Å²) in [6, 6.07) is 10.4. The molecule has 2 aliphatic rings. The first kappa shape index (κ1) is 15.8. The highest BCUT2D eigenvalue weighted by molar-refractivity contribution is 5.77. The predicted octanol–water partition coefficient (Wildman–Crippen LogP) is 2.69. The Labute approximate surface area is 136 Å². The zero-order chi connectivity index (χ0) is 16.2. The van der Waals surface area contributed by atoms with Crippen LogP contribution in [0.1, 0.15) is 37.2 Å². The molecular formula is C18H24N2O3. The third-order valence-corrected chi connectivity index (χ3v) is 5.23. The Balaban J connectivity index is 1.52. The fourth-order valence-corrected chi connectivity index (χ4v) is 3.90. The number of likely N-dealkylation sites (tertiary alicyclic amines) is 1. The molecule has 0 bridgehead atoms. The number of aliphatic carboxylic acids is 1. The van der Waals surface area contributed by atoms with Crippen LogP contribution in [0.4, 0.5) is 4.79 Å². The Morgan fingerprint density at radius 2 is 1.96 bits per heavy atom. The van der Waals surface area contributed by atoms with E-state index in [4.69, 9.17) is 5.11 Å². The maximum Gasteiger partial charge on any atom is 0.317 e. The second kappa shape index (κ2) is 7.02. The molecule has 5 nitrogen and oxygen atoms in total. The van der Waals surface area contributed by atoms with Crippen molar-refractivity contribution in [1.29, 1.82) is 0 Å². The topological polar surface area (TPSA) is 69.6 Å². The highest BCUT2D eigenvalue weighted by atomic mass is 16.4. The van der Waals surface area contributed by atoms with Crippen molar-refractivity contribution in [3.05, 3.63) is 35.9 Å². The first-order valence-corrected chi connectivity index (χ1v) is 8.45. The number of urea groups is 1. The van der Waals surface area contributed by atoms with Gasteiger partial charge in [-0.2, -0.15) is 0 Å². The third kappa shape index (κ3) is 3.66. The van der Waals surface area contributed by atoms with Crippen molar-refractivity contribution in [2.75, 3.05) is 19.6 Å². The zero-order valence-electron chi connectivity index (χ0n) is 13.3. The molecule has 2 N–H and O–H groups in total. The number of hydrogen-bond donors (Lipinski definition) is 2. The molecule has 1 saturated carbocycles. The molecule has 124 valence electrons. The van der Waals surface area contributed by atoms with Crippen molar-refractivity contribution in [3.8, 4) is 0 Å². The first-order valence-electron chi connectivity index (χ1n) is 8.45. The molecule has 3 rings (SSSR count). The highest BCUT2D eigenvalue weighted by Gasteiger charge is 2.32. The molecule has 1 aromatic carbocycles. The Kier molecular flexibility index (Phi) is 4.84. The van der Waals surface area contributed by atoms with E-state index in [1.54, 1.807) is 4.90 Å². The van der Waals surface area contributed by atoms with Crippen LogP contribution in [0.2, 0.25) is 0 Å². The van der Waals surface area contributed by atoms with Crippen molar-refractivity contribution < 1.29 is 14.7 Å². The maximum atomic E-state index is 12.2. The molecule has 1 saturated heterocycles. The van der Waals surface area contributed by atoms with E-state index in [-0.39, 0.29) is 6.03 Å². The molecule has 1 aliphatic heterocycles. The summed E-state index contributed by atoms with van der Waals surface area (Å²) < 4.78 is 0. The van der Waals surface area contributed by atoms with Crippen LogP contribution < -0.4 is 5.32 Å². The van der Waals surface area contributed by atoms with E-state index >= 15 is 0 Å². The van der Waals surface area contributed by atoms with Gasteiger partial charge in [0.1, 0.15) is 0 Å². The number of nitrogens with zero attached hydrogens (tertiary/aromatic N) is 1. The van der Waals surface area contributed by atoms with Crippen molar-refractivity contribution in [3.63, 3.8) is 0 Å². The number of carbonyl (C=O) groups excluding carboxylic acids is 1. The van der Waals surface area contributed by atoms with Gasteiger partial charge in [0, 0.05) is 19.6 Å². The van der Waals surface area contributed by atoms with E-state index in [9.17, 15) is 9.59 Å². The molecule has 1 heterocycles. The Bertz CT molecular complexity index is 561. The fourth-order valence-electron chi connectivity index (χ4n) is 3.90. The van der Waals surface area contributed by atoms with Crippen LogP contribution in [0.5, 0.6) is 0 Å². The molecule has 0 aromatic heterocycles. The lowest BCUT2D eigenvalue weighted by Crippen LogP contribution is -2.41. The number of benzene rings is 1. The molecule has 2 amide bonds. The summed E-state index contributed by atoms with van der Waals surface area (Å²) in [5.74, 6) is -0.231. The average molecular weight is 316 g/mol. The van der Waals surface area contributed by atoms with Crippen LogP contribution in [0.25, 0.3) is 0 Å². The van der Waals surface area contributed by atoms with Gasteiger partial charge in [0.05, 0.1) is 5.92 Å². The quantitative estimate of drug-likeness (QED) is 0.897. The minimum absolute atomic E-state index is 0.118. The second-order valence-corrected chi connectivity index (χ2v) is 6.66. The number of hydrogen-bond acceptors (Lipinski definition) is 2. The minimum Gasteiger partial charge on any atom is -0.481 e. The Morgan fingerprint density at radius 1 is 1.17 bits per heavy atom. The van der Waals surface area contributed by atoms with Gasteiger partial charge in [0.15, 0.2) is 0 Å². The third-order valence-electron chi connectivity index (χ3n) is 5.23. The summed E-state index contributed by atoms with van der Waals surface area (Å²) in [6.45, 7) is 1.54. The van der Waals surface area contributed by atoms with Crippen LogP contribution in [0.3, 0.4) is 0 Å². The van der Waals surface area contributed by atoms with Gasteiger partial charge in [-0.25, -0.2) is 4.79 Å². The molecule has 1 aromatic rings. The lowest BCUT2D eigenvalue weighted by atomic mass is 9.89. The van der Waals surface area contributed by atoms with Gasteiger partial charge in [-0.3, -0.25) is 4.79 Å². The monoisotopic (exact) mass is 316 g/mol. The molecule has 3 atom stereocenters. The van der Waals surface area contributed by atoms with Gasteiger partial charge in [0.25, 0.3) is 0 Å². The Hall–Kier alpha value is -2.04. The van der Waals surface area contributed by atoms with Crippen LogP contribution in [-0.4, -0.2) is 41.6 Å². The normalized spacial score (nSPS) is 27.1. The van der Waals surface area contributed by atoms with E-state index < -0.39 is 11.9 Å². The number of carboxylic acid groups (broad SMARTS) is 1. The summed E-state index contributed by atoms with van der Waals surface area (Å²) in [6.07, 6.45) is 4.07. The van der Waals surface area contributed by atoms with Crippen molar-refractivity contribution in [2.24, 2.45) is 11.8 Å². The second-order valence-electron chi connectivity index (χ2n) is 6.66. The highest BCUT2D eigenvalue weighted by Crippen LogP contribution is 2.39. The minimum atomic E-state index is -0.805. The van der Waals surface area contributed by atoms with E-state index in [1.807, 2.05) is 6.07 Å². The summed E-state index contributed by atoms with van der Waals surface area (Å²) in [7, 11) is 0. The Morgan fingerprint density at radius 3 is 2.65 bits per heavy atom. The summed E-state index contributed by atoms with van der Waals surface area (Å²) >= 11 is 0. The molecule has 3 unspecified atom stereocenters. The molecular weight excluding hydrogens is 292 g/mol. The van der Waals surface area contributed by atoms with Crippen LogP contribution in [0, 0.1) is 11.8 Å². The van der Waals surface area contributed by atoms with Gasteiger partial charge >= 0.3 is 12.0 Å². The number of rotatable bonds is 4. The zero-order valence-corrected chi connectivity index (χ0v) is 13.3. The van der Waals surface area contributed by atoms with Gasteiger partial charge in [0.2, 0.25) is 0 Å². The molecule has 5 heteroatoms. The molecule has 1 aliphatic carbocycles. The first-order chi connectivity index (χ1) is 11.1. The van der Waals surface area contributed by atoms with E-state index in [0.29, 0.717) is 37.9 Å². The molecule has 0 spiro atoms. The smallest absolute Gasteiger partial charge is 0.317 e. The summed E-state index contributed by atoms with van der Waals surface area (Å²) in [5, 5.41) is 12.0. The number of nitrogens with one attached hydrogen (secondary N) is 1.